The van der Waals surface area contributed by atoms with Gasteiger partial charge in [0.15, 0.2) is 0 Å². The zero-order valence-corrected chi connectivity index (χ0v) is 16.8. The average Bonchev–Trinajstić information content (AvgIpc) is 3.02. The van der Waals surface area contributed by atoms with Crippen molar-refractivity contribution < 1.29 is 9.90 Å². The number of phenols is 1. The number of hydrogen-bond donors (Lipinski definition) is 2. The van der Waals surface area contributed by atoms with Crippen molar-refractivity contribution in [1.29, 1.82) is 5.26 Å². The fraction of sp³-hybridized carbons (Fsp3) is 0.333. The molecule has 1 aliphatic rings. The minimum absolute atomic E-state index is 0.0380. The van der Waals surface area contributed by atoms with Gasteiger partial charge >= 0.3 is 0 Å². The van der Waals surface area contributed by atoms with Crippen LogP contribution in [0.15, 0.2) is 42.5 Å². The highest BCUT2D eigenvalue weighted by Gasteiger charge is 2.27. The van der Waals surface area contributed by atoms with E-state index in [1.54, 1.807) is 6.07 Å². The Morgan fingerprint density at radius 3 is 2.83 bits per heavy atom. The lowest BCUT2D eigenvalue weighted by molar-refractivity contribution is -0.124. The summed E-state index contributed by atoms with van der Waals surface area (Å²) in [6.45, 7) is 4.38. The number of phenolic OH excluding ortho intramolecular Hbond substituents is 1. The molecule has 0 saturated carbocycles. The molecule has 2 N–H and O–H groups in total. The SMILES string of the molecule is CC(C)C(=O)NC1CCc2c(c3cc(C#N)ccc3n2Cc2ccccc2O)C1. The van der Waals surface area contributed by atoms with Gasteiger partial charge in [-0.05, 0) is 49.1 Å². The molecule has 5 heteroatoms. The molecule has 2 aromatic carbocycles. The average molecular weight is 387 g/mol. The third-order valence-electron chi connectivity index (χ3n) is 5.79. The molecule has 148 valence electrons. The van der Waals surface area contributed by atoms with E-state index in [2.05, 4.69) is 16.0 Å². The number of aromatic hydroxyl groups is 1. The molecule has 5 nitrogen and oxygen atoms in total. The van der Waals surface area contributed by atoms with E-state index < -0.39 is 0 Å². The zero-order valence-electron chi connectivity index (χ0n) is 16.8. The number of nitrogens with zero attached hydrogens (tertiary/aromatic N) is 2. The Balaban J connectivity index is 1.77. The van der Waals surface area contributed by atoms with E-state index in [1.807, 2.05) is 50.2 Å². The van der Waals surface area contributed by atoms with Gasteiger partial charge in [0.05, 0.1) is 18.2 Å². The van der Waals surface area contributed by atoms with Gasteiger partial charge in [-0.1, -0.05) is 32.0 Å². The number of fused-ring (bicyclic) bond motifs is 3. The van der Waals surface area contributed by atoms with E-state index in [0.29, 0.717) is 12.1 Å². The van der Waals surface area contributed by atoms with Gasteiger partial charge in [0.2, 0.25) is 5.91 Å². The summed E-state index contributed by atoms with van der Waals surface area (Å²) in [6.07, 6.45) is 2.49. The van der Waals surface area contributed by atoms with E-state index in [-0.39, 0.29) is 23.6 Å². The van der Waals surface area contributed by atoms with Gasteiger partial charge < -0.3 is 15.0 Å². The van der Waals surface area contributed by atoms with E-state index in [0.717, 1.165) is 35.7 Å². The number of benzene rings is 2. The minimum atomic E-state index is -0.0380. The second kappa shape index (κ2) is 7.63. The third-order valence-corrected chi connectivity index (χ3v) is 5.79. The van der Waals surface area contributed by atoms with Gasteiger partial charge in [-0.3, -0.25) is 4.79 Å². The second-order valence-electron chi connectivity index (χ2n) is 8.09. The Hall–Kier alpha value is -3.26. The number of nitrogens with one attached hydrogen (secondary N) is 1. The highest BCUT2D eigenvalue weighted by atomic mass is 16.3. The molecule has 3 aromatic rings. The summed E-state index contributed by atoms with van der Waals surface area (Å²) in [4.78, 5) is 12.2. The molecule has 1 atom stereocenters. The molecule has 0 aliphatic heterocycles. The molecule has 1 heterocycles. The molecule has 1 unspecified atom stereocenters. The van der Waals surface area contributed by atoms with Crippen molar-refractivity contribution in [3.63, 3.8) is 0 Å². The molecule has 0 fully saturated rings. The molecular formula is C24H25N3O2. The summed E-state index contributed by atoms with van der Waals surface area (Å²) in [5, 5.41) is 23.9. The van der Waals surface area contributed by atoms with Crippen LogP contribution < -0.4 is 5.32 Å². The molecule has 0 spiro atoms. The fourth-order valence-corrected chi connectivity index (χ4v) is 4.21. The predicted molar refractivity (Wildman–Crippen MR) is 113 cm³/mol. The van der Waals surface area contributed by atoms with Crippen LogP contribution in [-0.2, 0) is 24.2 Å². The van der Waals surface area contributed by atoms with Gasteiger partial charge in [0, 0.05) is 34.1 Å². The lowest BCUT2D eigenvalue weighted by atomic mass is 9.90. The first-order chi connectivity index (χ1) is 14.0. The Morgan fingerprint density at radius 1 is 1.31 bits per heavy atom. The summed E-state index contributed by atoms with van der Waals surface area (Å²) in [5.74, 6) is 0.327. The van der Waals surface area contributed by atoms with Crippen molar-refractivity contribution in [3.05, 3.63) is 64.8 Å². The van der Waals surface area contributed by atoms with E-state index >= 15 is 0 Å². The maximum atomic E-state index is 12.2. The van der Waals surface area contributed by atoms with Crippen molar-refractivity contribution in [1.82, 2.24) is 9.88 Å². The number of nitriles is 1. The number of carbonyl (C=O) groups excluding carboxylic acids is 1. The zero-order chi connectivity index (χ0) is 20.5. The van der Waals surface area contributed by atoms with Crippen LogP contribution in [0.25, 0.3) is 10.9 Å². The second-order valence-corrected chi connectivity index (χ2v) is 8.09. The maximum Gasteiger partial charge on any atom is 0.222 e. The lowest BCUT2D eigenvalue weighted by Crippen LogP contribution is -2.41. The maximum absolute atomic E-state index is 12.2. The van der Waals surface area contributed by atoms with Crippen molar-refractivity contribution in [2.24, 2.45) is 5.92 Å². The fourth-order valence-electron chi connectivity index (χ4n) is 4.21. The molecule has 0 saturated heterocycles. The van der Waals surface area contributed by atoms with Crippen LogP contribution in [0.4, 0.5) is 0 Å². The van der Waals surface area contributed by atoms with Gasteiger partial charge in [-0.15, -0.1) is 0 Å². The number of para-hydroxylation sites is 1. The van der Waals surface area contributed by atoms with Crippen LogP contribution in [0.1, 0.15) is 42.7 Å². The summed E-state index contributed by atoms with van der Waals surface area (Å²) >= 11 is 0. The summed E-state index contributed by atoms with van der Waals surface area (Å²) in [5.41, 5.74) is 4.99. The molecule has 0 bridgehead atoms. The Kier molecular flexibility index (Phi) is 5.02. The quantitative estimate of drug-likeness (QED) is 0.713. The molecule has 1 aliphatic carbocycles. The van der Waals surface area contributed by atoms with Crippen LogP contribution in [0.3, 0.4) is 0 Å². The number of rotatable bonds is 4. The van der Waals surface area contributed by atoms with Crippen LogP contribution in [-0.4, -0.2) is 21.6 Å². The number of hydrogen-bond acceptors (Lipinski definition) is 3. The van der Waals surface area contributed by atoms with E-state index in [9.17, 15) is 15.2 Å². The van der Waals surface area contributed by atoms with Crippen LogP contribution in [0, 0.1) is 17.2 Å². The molecule has 4 rings (SSSR count). The minimum Gasteiger partial charge on any atom is -0.508 e. The van der Waals surface area contributed by atoms with E-state index in [1.165, 1.54) is 11.3 Å². The Labute approximate surface area is 170 Å². The predicted octanol–water partition coefficient (Wildman–Crippen LogP) is 3.90. The van der Waals surface area contributed by atoms with Gasteiger partial charge in [-0.25, -0.2) is 0 Å². The summed E-state index contributed by atoms with van der Waals surface area (Å²) < 4.78 is 2.25. The van der Waals surface area contributed by atoms with Gasteiger partial charge in [0.25, 0.3) is 0 Å². The Bertz CT molecular complexity index is 1120. The van der Waals surface area contributed by atoms with Crippen LogP contribution >= 0.6 is 0 Å². The van der Waals surface area contributed by atoms with Crippen molar-refractivity contribution in [3.8, 4) is 11.8 Å². The topological polar surface area (TPSA) is 78.0 Å². The summed E-state index contributed by atoms with van der Waals surface area (Å²) in [6, 6.07) is 15.5. The molecule has 29 heavy (non-hydrogen) atoms. The monoisotopic (exact) mass is 387 g/mol. The van der Waals surface area contributed by atoms with Gasteiger partial charge in [0.1, 0.15) is 5.75 Å². The first-order valence-corrected chi connectivity index (χ1v) is 10.1. The lowest BCUT2D eigenvalue weighted by Gasteiger charge is -2.26. The highest BCUT2D eigenvalue weighted by Crippen LogP contribution is 2.34. The van der Waals surface area contributed by atoms with Crippen molar-refractivity contribution in [2.45, 2.75) is 45.7 Å². The summed E-state index contributed by atoms with van der Waals surface area (Å²) in [7, 11) is 0. The number of carbonyl (C=O) groups is 1. The van der Waals surface area contributed by atoms with Crippen LogP contribution in [0.2, 0.25) is 0 Å². The van der Waals surface area contributed by atoms with Crippen molar-refractivity contribution in [2.75, 3.05) is 0 Å². The number of aromatic nitrogens is 1. The number of amides is 1. The normalized spacial score (nSPS) is 15.9. The van der Waals surface area contributed by atoms with Gasteiger partial charge in [-0.2, -0.15) is 5.26 Å². The standard InChI is InChI=1S/C24H25N3O2/c1-15(2)24(29)26-18-8-10-22-20(12-18)19-11-16(13-25)7-9-21(19)27(22)14-17-5-3-4-6-23(17)28/h3-7,9,11,15,18,28H,8,10,12,14H2,1-2H3,(H,26,29). The third kappa shape index (κ3) is 3.58. The molecular weight excluding hydrogens is 362 g/mol. The van der Waals surface area contributed by atoms with Crippen molar-refractivity contribution >= 4 is 16.8 Å². The van der Waals surface area contributed by atoms with E-state index in [4.69, 9.17) is 0 Å². The first kappa shape index (κ1) is 19.1. The largest absolute Gasteiger partial charge is 0.508 e. The van der Waals surface area contributed by atoms with Crippen LogP contribution in [0.5, 0.6) is 5.75 Å². The highest BCUT2D eigenvalue weighted by molar-refractivity contribution is 5.87. The smallest absolute Gasteiger partial charge is 0.222 e. The molecule has 1 aromatic heterocycles. The molecule has 1 amide bonds. The molecule has 0 radical (unpaired) electrons. The first-order valence-electron chi connectivity index (χ1n) is 10.1. The Morgan fingerprint density at radius 2 is 2.10 bits per heavy atom.